The number of aromatic amines is 1. The zero-order valence-electron chi connectivity index (χ0n) is 31.1. The van der Waals surface area contributed by atoms with Gasteiger partial charge in [-0.1, -0.05) is 17.7 Å². The smallest absolute Gasteiger partial charge is 1.00 e. The zero-order chi connectivity index (χ0) is 35.0. The van der Waals surface area contributed by atoms with Crippen LogP contribution in [0.15, 0.2) is 33.8 Å². The Morgan fingerprint density at radius 3 is 1.64 bits per heavy atom. The summed E-state index contributed by atoms with van der Waals surface area (Å²) in [6.45, 7) is 20.0. The van der Waals surface area contributed by atoms with E-state index in [9.17, 15) is 0 Å². The minimum absolute atomic E-state index is 0. The summed E-state index contributed by atoms with van der Waals surface area (Å²) in [5, 5.41) is 26.7. The third-order valence-corrected chi connectivity index (χ3v) is 8.06. The van der Waals surface area contributed by atoms with Crippen LogP contribution < -0.4 is 119 Å². The van der Waals surface area contributed by atoms with E-state index in [-0.39, 0.29) is 148 Å². The van der Waals surface area contributed by atoms with Crippen LogP contribution in [0.1, 0.15) is 87.7 Å². The quantitative estimate of drug-likeness (QED) is 0.0650. The molecule has 0 radical (unpaired) electrons. The summed E-state index contributed by atoms with van der Waals surface area (Å²) < 4.78 is 34.9. The minimum atomic E-state index is -0.407. The first-order valence-electron chi connectivity index (χ1n) is 14.5. The van der Waals surface area contributed by atoms with Gasteiger partial charge in [0.1, 0.15) is 6.54 Å². The summed E-state index contributed by atoms with van der Waals surface area (Å²) in [6.07, 6.45) is 7.15. The molecule has 6 rings (SSSR count). The molecule has 0 aliphatic carbocycles. The molecule has 17 nitrogen and oxygen atoms in total. The molecule has 2 aliphatic heterocycles. The van der Waals surface area contributed by atoms with Crippen molar-refractivity contribution in [1.82, 2.24) is 40.3 Å². The van der Waals surface area contributed by atoms with Crippen LogP contribution in [0.3, 0.4) is 0 Å². The predicted octanol–water partition coefficient (Wildman–Crippen LogP) is -4.06. The molecule has 6 heterocycles. The van der Waals surface area contributed by atoms with E-state index >= 15 is 0 Å². The van der Waals surface area contributed by atoms with Crippen molar-refractivity contribution in [3.05, 3.63) is 48.2 Å². The van der Waals surface area contributed by atoms with Gasteiger partial charge in [0.25, 0.3) is 6.47 Å². The molecule has 2 aliphatic rings. The van der Waals surface area contributed by atoms with E-state index in [0.717, 1.165) is 10.9 Å². The van der Waals surface area contributed by atoms with Gasteiger partial charge in [-0.2, -0.15) is 20.2 Å². The maximum absolute atomic E-state index is 8.64. The Hall–Kier alpha value is -0.337. The number of nitrogens with one attached hydrogen (secondary N) is 1. The van der Waals surface area contributed by atoms with Gasteiger partial charge in [-0.25, -0.2) is 0 Å². The summed E-state index contributed by atoms with van der Waals surface area (Å²) in [5.41, 5.74) is 0.538. The van der Waals surface area contributed by atoms with E-state index in [4.69, 9.17) is 44.8 Å². The van der Waals surface area contributed by atoms with Crippen molar-refractivity contribution >= 4 is 43.2 Å². The SMILES string of the molecule is C.CC1(C)OB(c2cn[nH]c2)OC1(C)C.Cc1nc(CCl)no1.Cc1nc(Cn2cc(B3OC(C)(C)C(C)(C)O3)cn2)no1.O=CO[O-].[H-].[K+].[K+]. The molecule has 0 spiro atoms. The Kier molecular flexibility index (Phi) is 21.4. The second-order valence-corrected chi connectivity index (χ2v) is 12.7. The van der Waals surface area contributed by atoms with Crippen LogP contribution >= 0.6 is 11.6 Å². The topological polar surface area (TPSA) is 211 Å². The summed E-state index contributed by atoms with van der Waals surface area (Å²) >= 11 is 5.36. The fourth-order valence-corrected chi connectivity index (χ4v) is 3.99. The van der Waals surface area contributed by atoms with Crippen molar-refractivity contribution in [3.63, 3.8) is 0 Å². The van der Waals surface area contributed by atoms with Gasteiger partial charge < -0.3 is 39.2 Å². The number of rotatable bonds is 6. The number of carbonyl (C=O) groups is 1. The standard InChI is InChI=1S/C13H19BN4O3.C9H15BN2O2.C4H5ClN2O.CH2O3.CH4.2K.H/c1-9-16-11(17-19-9)8-18-7-10(6-15-18)14-20-12(2,3)13(4,5)21-14;1-8(2)9(3,4)14-10(13-8)7-5-11-12-6-7;1-3-6-4(2-5)7-8-3;2-1-4-3;;;;/h6-7H,8H2,1-5H3;5-6H,1-4H3,(H,11,12);2H2,1H3;1,3H;1H4;;;/q;;;;;2*+1;-1/p-1. The summed E-state index contributed by atoms with van der Waals surface area (Å²) in [7, 11) is -0.713. The molecule has 0 amide bonds. The van der Waals surface area contributed by atoms with E-state index in [2.05, 4.69) is 45.0 Å². The average molecular weight is 773 g/mol. The molecule has 4 aromatic rings. The Morgan fingerprint density at radius 1 is 0.860 bits per heavy atom. The molecule has 266 valence electrons. The summed E-state index contributed by atoms with van der Waals surface area (Å²) in [4.78, 5) is 19.2. The molecule has 4 aromatic heterocycles. The monoisotopic (exact) mass is 772 g/mol. The average Bonchev–Trinajstić information content (AvgIpc) is 3.83. The molecule has 0 saturated carbocycles. The van der Waals surface area contributed by atoms with Gasteiger partial charge in [0, 0.05) is 49.6 Å². The summed E-state index contributed by atoms with van der Waals surface area (Å²) in [5.74, 6) is 2.56. The van der Waals surface area contributed by atoms with Crippen LogP contribution in [0.2, 0.25) is 0 Å². The largest absolute Gasteiger partial charge is 1.00 e. The molecule has 1 N–H and O–H groups in total. The number of aromatic nitrogens is 8. The fraction of sp³-hybridized carbons (Fsp3) is 0.607. The van der Waals surface area contributed by atoms with E-state index in [1.165, 1.54) is 0 Å². The number of alkyl halides is 1. The van der Waals surface area contributed by atoms with Crippen molar-refractivity contribution in [2.75, 3.05) is 0 Å². The van der Waals surface area contributed by atoms with E-state index < -0.39 is 7.12 Å². The van der Waals surface area contributed by atoms with Crippen molar-refractivity contribution in [2.45, 2.75) is 111 Å². The Balaban J connectivity index is 0. The second-order valence-electron chi connectivity index (χ2n) is 12.5. The van der Waals surface area contributed by atoms with E-state index in [0.29, 0.717) is 35.9 Å². The van der Waals surface area contributed by atoms with Crippen LogP contribution in [-0.2, 0) is 40.7 Å². The maximum atomic E-state index is 8.64. The number of carbonyl (C=O) groups excluding carboxylic acids is 1. The first-order chi connectivity index (χ1) is 21.9. The van der Waals surface area contributed by atoms with Crippen molar-refractivity contribution in [2.24, 2.45) is 0 Å². The Bertz CT molecular complexity index is 1530. The van der Waals surface area contributed by atoms with E-state index in [1.807, 2.05) is 61.6 Å². The Labute approximate surface area is 384 Å². The first kappa shape index (κ1) is 49.7. The van der Waals surface area contributed by atoms with Crippen LogP contribution in [0, 0.1) is 13.8 Å². The van der Waals surface area contributed by atoms with Crippen molar-refractivity contribution in [3.8, 4) is 0 Å². The van der Waals surface area contributed by atoms with Crippen molar-refractivity contribution < 1.29 is 147 Å². The maximum Gasteiger partial charge on any atom is 1.00 e. The number of H-pyrrole nitrogens is 1. The van der Waals surface area contributed by atoms with Crippen LogP contribution in [0.5, 0.6) is 0 Å². The Morgan fingerprint density at radius 2 is 1.30 bits per heavy atom. The molecule has 0 atom stereocenters. The van der Waals surface area contributed by atoms with Crippen LogP contribution in [-0.4, -0.2) is 83.4 Å². The van der Waals surface area contributed by atoms with Crippen LogP contribution in [0.4, 0.5) is 0 Å². The third-order valence-electron chi connectivity index (χ3n) is 7.82. The zero-order valence-corrected chi connectivity index (χ0v) is 37.1. The molecular formula is C28H45B2ClK2N8O9. The minimum Gasteiger partial charge on any atom is -1.00 e. The summed E-state index contributed by atoms with van der Waals surface area (Å²) in [6, 6.07) is 0. The van der Waals surface area contributed by atoms with Gasteiger partial charge >= 0.3 is 117 Å². The van der Waals surface area contributed by atoms with Gasteiger partial charge in [0.15, 0.2) is 11.6 Å². The number of halogens is 1. The number of nitrogens with zero attached hydrogens (tertiary/aromatic N) is 7. The normalized spacial score (nSPS) is 17.2. The van der Waals surface area contributed by atoms with Crippen molar-refractivity contribution in [1.29, 1.82) is 0 Å². The van der Waals surface area contributed by atoms with Crippen LogP contribution in [0.25, 0.3) is 0 Å². The van der Waals surface area contributed by atoms with Gasteiger partial charge in [0.2, 0.25) is 11.8 Å². The molecular weight excluding hydrogens is 728 g/mol. The number of hydrogen-bond donors (Lipinski definition) is 1. The molecule has 0 unspecified atom stereocenters. The first-order valence-corrected chi connectivity index (χ1v) is 15.1. The predicted molar refractivity (Wildman–Crippen MR) is 174 cm³/mol. The fourth-order valence-electron chi connectivity index (χ4n) is 3.88. The van der Waals surface area contributed by atoms with Gasteiger partial charge in [-0.3, -0.25) is 14.6 Å². The third kappa shape index (κ3) is 13.8. The van der Waals surface area contributed by atoms with Gasteiger partial charge in [0.05, 0.1) is 28.3 Å². The van der Waals surface area contributed by atoms with Gasteiger partial charge in [-0.05, 0) is 55.4 Å². The number of aryl methyl sites for hydroxylation is 2. The second kappa shape index (κ2) is 21.5. The molecule has 2 saturated heterocycles. The van der Waals surface area contributed by atoms with Gasteiger partial charge in [-0.15, -0.1) is 11.6 Å². The van der Waals surface area contributed by atoms with E-state index in [1.54, 1.807) is 37.1 Å². The molecule has 22 heteroatoms. The molecule has 2 fully saturated rings. The molecule has 0 bridgehead atoms. The molecule has 50 heavy (non-hydrogen) atoms. The molecule has 0 aromatic carbocycles. The number of hydrogen-bond acceptors (Lipinski definition) is 15.